The Morgan fingerprint density at radius 3 is 2.36 bits per heavy atom. The summed E-state index contributed by atoms with van der Waals surface area (Å²) in [6.45, 7) is 3.71. The molecular formula is C28H27N3O6S2. The number of thiazole rings is 1. The van der Waals surface area contributed by atoms with Crippen LogP contribution in [-0.2, 0) is 25.7 Å². The molecular weight excluding hydrogens is 538 g/mol. The number of carbonyl (C=O) groups excluding carboxylic acids is 3. The van der Waals surface area contributed by atoms with Crippen LogP contribution < -0.4 is 14.5 Å². The molecule has 1 aromatic heterocycles. The van der Waals surface area contributed by atoms with Crippen molar-refractivity contribution in [1.82, 2.24) is 9.47 Å². The molecule has 3 aliphatic heterocycles. The van der Waals surface area contributed by atoms with Gasteiger partial charge < -0.3 is 14.4 Å². The fourth-order valence-electron chi connectivity index (χ4n) is 5.42. The van der Waals surface area contributed by atoms with Crippen LogP contribution in [0.4, 0.5) is 5.69 Å². The number of imide groups is 1. The largest absolute Gasteiger partial charge is 0.497 e. The van der Waals surface area contributed by atoms with Gasteiger partial charge in [0.05, 0.1) is 37.0 Å². The van der Waals surface area contributed by atoms with Crippen LogP contribution in [0, 0.1) is 12.8 Å². The number of methoxy groups -OCH3 is 1. The number of thioether (sulfide) groups is 1. The van der Waals surface area contributed by atoms with Crippen molar-refractivity contribution in [1.29, 1.82) is 0 Å². The van der Waals surface area contributed by atoms with Gasteiger partial charge in [-0.3, -0.25) is 23.7 Å². The lowest BCUT2D eigenvalue weighted by Gasteiger charge is -2.31. The van der Waals surface area contributed by atoms with E-state index in [1.54, 1.807) is 24.1 Å². The van der Waals surface area contributed by atoms with Crippen molar-refractivity contribution >= 4 is 46.5 Å². The lowest BCUT2D eigenvalue weighted by Crippen LogP contribution is -2.43. The van der Waals surface area contributed by atoms with E-state index < -0.39 is 17.1 Å². The summed E-state index contributed by atoms with van der Waals surface area (Å²) in [7, 11) is 1.58. The third-order valence-corrected chi connectivity index (χ3v) is 10.1. The Kier molecular flexibility index (Phi) is 6.82. The van der Waals surface area contributed by atoms with E-state index in [1.165, 1.54) is 21.2 Å². The zero-order valence-electron chi connectivity index (χ0n) is 21.5. The molecule has 0 aliphatic carbocycles. The monoisotopic (exact) mass is 565 g/mol. The third-order valence-electron chi connectivity index (χ3n) is 7.47. The molecule has 39 heavy (non-hydrogen) atoms. The van der Waals surface area contributed by atoms with Gasteiger partial charge in [0.1, 0.15) is 17.5 Å². The minimum atomic E-state index is -0.725. The number of aryl methyl sites for hydroxylation is 1. The van der Waals surface area contributed by atoms with E-state index in [0.717, 1.165) is 22.5 Å². The van der Waals surface area contributed by atoms with E-state index in [0.29, 0.717) is 47.6 Å². The fourth-order valence-corrected chi connectivity index (χ4v) is 8.20. The number of hydrogen-bond donors (Lipinski definition) is 0. The van der Waals surface area contributed by atoms with Crippen molar-refractivity contribution in [3.05, 3.63) is 74.2 Å². The average molecular weight is 566 g/mol. The molecule has 0 bridgehead atoms. The minimum Gasteiger partial charge on any atom is -0.497 e. The highest BCUT2D eigenvalue weighted by atomic mass is 32.2. The Morgan fingerprint density at radius 2 is 1.69 bits per heavy atom. The molecule has 11 heteroatoms. The molecule has 3 aromatic rings. The predicted octanol–water partition coefficient (Wildman–Crippen LogP) is 2.88. The van der Waals surface area contributed by atoms with Crippen LogP contribution in [0.1, 0.15) is 21.9 Å². The van der Waals surface area contributed by atoms with Crippen molar-refractivity contribution in [2.45, 2.75) is 29.7 Å². The summed E-state index contributed by atoms with van der Waals surface area (Å²) in [5.41, 5.74) is 2.37. The maximum Gasteiger partial charge on any atom is 0.308 e. The second-order valence-electron chi connectivity index (χ2n) is 9.78. The van der Waals surface area contributed by atoms with E-state index >= 15 is 0 Å². The van der Waals surface area contributed by atoms with Gasteiger partial charge in [-0.05, 0) is 36.8 Å². The molecule has 6 rings (SSSR count). The minimum absolute atomic E-state index is 0.117. The highest BCUT2D eigenvalue weighted by Crippen LogP contribution is 2.54. The van der Waals surface area contributed by atoms with Crippen LogP contribution in [-0.4, -0.2) is 65.9 Å². The van der Waals surface area contributed by atoms with Crippen molar-refractivity contribution < 1.29 is 23.9 Å². The molecule has 3 unspecified atom stereocenters. The van der Waals surface area contributed by atoms with Gasteiger partial charge in [-0.15, -0.1) is 0 Å². The number of benzene rings is 2. The Bertz CT molecular complexity index is 1490. The van der Waals surface area contributed by atoms with E-state index in [4.69, 9.17) is 9.47 Å². The molecule has 2 saturated heterocycles. The highest BCUT2D eigenvalue weighted by molar-refractivity contribution is 8.00. The van der Waals surface area contributed by atoms with Gasteiger partial charge in [0, 0.05) is 23.9 Å². The summed E-state index contributed by atoms with van der Waals surface area (Å²) < 4.78 is 12.2. The van der Waals surface area contributed by atoms with Gasteiger partial charge in [-0.1, -0.05) is 52.9 Å². The van der Waals surface area contributed by atoms with Gasteiger partial charge in [0.2, 0.25) is 17.7 Å². The molecule has 0 N–H and O–H groups in total. The molecule has 3 aliphatic rings. The first-order valence-electron chi connectivity index (χ1n) is 12.7. The van der Waals surface area contributed by atoms with Crippen molar-refractivity contribution in [3.8, 4) is 5.75 Å². The summed E-state index contributed by atoms with van der Waals surface area (Å²) in [5, 5.41) is -0.141. The fraction of sp³-hybridized carbons (Fsp3) is 0.357. The molecule has 2 fully saturated rings. The van der Waals surface area contributed by atoms with E-state index in [2.05, 4.69) is 0 Å². The number of carbonyl (C=O) groups is 3. The predicted molar refractivity (Wildman–Crippen MR) is 148 cm³/mol. The van der Waals surface area contributed by atoms with Crippen molar-refractivity contribution in [2.75, 3.05) is 38.3 Å². The van der Waals surface area contributed by atoms with Crippen LogP contribution >= 0.6 is 23.1 Å². The van der Waals surface area contributed by atoms with Crippen LogP contribution in [0.25, 0.3) is 0 Å². The molecule has 9 nitrogen and oxygen atoms in total. The van der Waals surface area contributed by atoms with Crippen LogP contribution in [0.3, 0.4) is 0 Å². The molecule has 4 heterocycles. The molecule has 0 spiro atoms. The number of hydrogen-bond acceptors (Lipinski definition) is 8. The normalized spacial score (nSPS) is 22.6. The van der Waals surface area contributed by atoms with Gasteiger partial charge in [-0.25, -0.2) is 4.90 Å². The first kappa shape index (κ1) is 25.8. The van der Waals surface area contributed by atoms with Gasteiger partial charge in [-0.2, -0.15) is 0 Å². The maximum atomic E-state index is 13.9. The van der Waals surface area contributed by atoms with Gasteiger partial charge in [0.15, 0.2) is 0 Å². The molecule has 0 saturated carbocycles. The Labute approximate surface area is 233 Å². The third kappa shape index (κ3) is 4.48. The second kappa shape index (κ2) is 10.3. The molecule has 3 atom stereocenters. The molecule has 2 aromatic carbocycles. The Balaban J connectivity index is 1.43. The Morgan fingerprint density at radius 1 is 1.00 bits per heavy atom. The maximum absolute atomic E-state index is 13.9. The number of aromatic nitrogens is 1. The topological polar surface area (TPSA) is 98.2 Å². The van der Waals surface area contributed by atoms with Crippen LogP contribution in [0.15, 0.2) is 58.4 Å². The van der Waals surface area contributed by atoms with E-state index in [1.807, 2.05) is 43.3 Å². The molecule has 202 valence electrons. The summed E-state index contributed by atoms with van der Waals surface area (Å²) in [4.78, 5) is 57.5. The lowest BCUT2D eigenvalue weighted by atomic mass is 9.83. The number of rotatable bonds is 5. The number of ether oxygens (including phenoxy) is 2. The smallest absolute Gasteiger partial charge is 0.308 e. The molecule has 0 radical (unpaired) electrons. The quantitative estimate of drug-likeness (QED) is 0.439. The zero-order valence-corrected chi connectivity index (χ0v) is 23.1. The van der Waals surface area contributed by atoms with Crippen molar-refractivity contribution in [3.63, 3.8) is 0 Å². The van der Waals surface area contributed by atoms with E-state index in [9.17, 15) is 19.2 Å². The summed E-state index contributed by atoms with van der Waals surface area (Å²) in [6, 6.07) is 14.7. The van der Waals surface area contributed by atoms with E-state index in [-0.39, 0.29) is 29.1 Å². The SMILES string of the molecule is COc1ccc(C2c3sc(=O)n(CC(=O)N4CCOCC4)c3SC3C(=O)N(c4ccc(C)cc4)C(=O)C32)cc1. The standard InChI is InChI=1S/C28H27N3O6S2/c1-16-3-7-18(8-4-16)31-25(33)22-21(17-5-9-19(36-2)10-6-17)24-27(38-23(22)26(31)34)30(28(35)39-24)15-20(32)29-11-13-37-14-12-29/h3-10,21-23H,11-15H2,1-2H3. The number of anilines is 1. The van der Waals surface area contributed by atoms with Gasteiger partial charge in [0.25, 0.3) is 0 Å². The molecule has 3 amide bonds. The first-order valence-corrected chi connectivity index (χ1v) is 14.4. The first-order chi connectivity index (χ1) is 18.9. The number of amides is 3. The zero-order chi connectivity index (χ0) is 27.3. The lowest BCUT2D eigenvalue weighted by molar-refractivity contribution is -0.136. The van der Waals surface area contributed by atoms with Crippen LogP contribution in [0.5, 0.6) is 5.75 Å². The summed E-state index contributed by atoms with van der Waals surface area (Å²) in [5.74, 6) is -1.30. The number of nitrogens with zero attached hydrogens (tertiary/aromatic N) is 3. The van der Waals surface area contributed by atoms with Crippen molar-refractivity contribution in [2.24, 2.45) is 5.92 Å². The number of morpholine rings is 1. The number of fused-ring (bicyclic) bond motifs is 2. The highest BCUT2D eigenvalue weighted by Gasteiger charge is 2.56. The average Bonchev–Trinajstić information content (AvgIpc) is 3.40. The summed E-state index contributed by atoms with van der Waals surface area (Å²) in [6.07, 6.45) is 0. The second-order valence-corrected chi connectivity index (χ2v) is 11.9. The Hall–Kier alpha value is -3.41. The van der Waals surface area contributed by atoms with Crippen LogP contribution in [0.2, 0.25) is 0 Å². The summed E-state index contributed by atoms with van der Waals surface area (Å²) >= 11 is 2.27. The van der Waals surface area contributed by atoms with Gasteiger partial charge >= 0.3 is 4.87 Å².